The minimum Gasteiger partial charge on any atom is -0.0988 e. The Morgan fingerprint density at radius 2 is 1.91 bits per heavy atom. The maximum absolute atomic E-state index is 3.86. The van der Waals surface area contributed by atoms with Crippen molar-refractivity contribution in [2.24, 2.45) is 5.92 Å². The molecular weight excluding hydrogens is 132 g/mol. The number of hydrogen-bond acceptors (Lipinski definition) is 0. The molecular formula is C11H18. The third-order valence-electron chi connectivity index (χ3n) is 2.50. The van der Waals surface area contributed by atoms with Crippen LogP contribution in [-0.2, 0) is 0 Å². The first kappa shape index (κ1) is 8.58. The molecule has 1 aliphatic rings. The van der Waals surface area contributed by atoms with Crippen LogP contribution in [0.3, 0.4) is 0 Å². The molecule has 0 N–H and O–H groups in total. The van der Waals surface area contributed by atoms with Crippen LogP contribution in [-0.4, -0.2) is 0 Å². The second-order valence-corrected chi connectivity index (χ2v) is 3.62. The molecule has 0 aromatic rings. The fourth-order valence-electron chi connectivity index (χ4n) is 1.84. The summed E-state index contributed by atoms with van der Waals surface area (Å²) in [4.78, 5) is 0. The number of rotatable bonds is 2. The highest BCUT2D eigenvalue weighted by atomic mass is 14.2. The van der Waals surface area contributed by atoms with Crippen LogP contribution in [0.25, 0.3) is 0 Å². The van der Waals surface area contributed by atoms with Gasteiger partial charge in [-0.2, -0.15) is 0 Å². The highest BCUT2D eigenvalue weighted by Crippen LogP contribution is 2.29. The summed E-state index contributed by atoms with van der Waals surface area (Å²) >= 11 is 0. The zero-order valence-electron chi connectivity index (χ0n) is 7.69. The van der Waals surface area contributed by atoms with Gasteiger partial charge in [0.05, 0.1) is 0 Å². The predicted octanol–water partition coefficient (Wildman–Crippen LogP) is 3.70. The summed E-state index contributed by atoms with van der Waals surface area (Å²) < 4.78 is 0. The second kappa shape index (κ2) is 3.75. The van der Waals surface area contributed by atoms with Crippen molar-refractivity contribution in [2.45, 2.75) is 39.5 Å². The summed E-state index contributed by atoms with van der Waals surface area (Å²) in [5, 5.41) is 0. The molecule has 0 atom stereocenters. The lowest BCUT2D eigenvalue weighted by Crippen LogP contribution is -2.03. The van der Waals surface area contributed by atoms with E-state index in [1.54, 1.807) is 5.57 Å². The Morgan fingerprint density at radius 3 is 2.36 bits per heavy atom. The van der Waals surface area contributed by atoms with Crippen molar-refractivity contribution >= 4 is 0 Å². The van der Waals surface area contributed by atoms with Crippen molar-refractivity contribution in [3.05, 3.63) is 23.8 Å². The summed E-state index contributed by atoms with van der Waals surface area (Å²) in [6.45, 7) is 8.42. The average Bonchev–Trinajstić information content (AvgIpc) is 2.04. The highest BCUT2D eigenvalue weighted by Gasteiger charge is 2.12. The van der Waals surface area contributed by atoms with Gasteiger partial charge in [0.25, 0.3) is 0 Å². The van der Waals surface area contributed by atoms with E-state index in [0.29, 0.717) is 0 Å². The molecule has 0 heteroatoms. The van der Waals surface area contributed by atoms with E-state index in [9.17, 15) is 0 Å². The lowest BCUT2D eigenvalue weighted by molar-refractivity contribution is 0.606. The Kier molecular flexibility index (Phi) is 2.92. The highest BCUT2D eigenvalue weighted by molar-refractivity contribution is 5.27. The van der Waals surface area contributed by atoms with Gasteiger partial charge in [-0.3, -0.25) is 0 Å². The number of hydrogen-bond donors (Lipinski definition) is 0. The molecule has 0 aromatic heterocycles. The summed E-state index contributed by atoms with van der Waals surface area (Å²) in [5.74, 6) is 0.725. The van der Waals surface area contributed by atoms with Gasteiger partial charge in [-0.05, 0) is 37.2 Å². The smallest absolute Gasteiger partial charge is 0.0254 e. The Hall–Kier alpha value is -0.520. The first-order valence-corrected chi connectivity index (χ1v) is 4.60. The number of allylic oxidation sites excluding steroid dienone is 3. The first-order valence-electron chi connectivity index (χ1n) is 4.60. The largest absolute Gasteiger partial charge is 0.0988 e. The van der Waals surface area contributed by atoms with Crippen LogP contribution in [0.2, 0.25) is 0 Å². The van der Waals surface area contributed by atoms with Crippen molar-refractivity contribution in [1.82, 2.24) is 0 Å². The summed E-state index contributed by atoms with van der Waals surface area (Å²) in [6.07, 6.45) is 7.35. The zero-order chi connectivity index (χ0) is 8.27. The van der Waals surface area contributed by atoms with Gasteiger partial charge in [0.2, 0.25) is 0 Å². The van der Waals surface area contributed by atoms with E-state index in [0.717, 1.165) is 5.92 Å². The quantitative estimate of drug-likeness (QED) is 0.563. The molecule has 1 aliphatic carbocycles. The monoisotopic (exact) mass is 150 g/mol. The van der Waals surface area contributed by atoms with E-state index < -0.39 is 0 Å². The third kappa shape index (κ3) is 1.95. The van der Waals surface area contributed by atoms with Crippen LogP contribution < -0.4 is 0 Å². The van der Waals surface area contributed by atoms with E-state index in [4.69, 9.17) is 0 Å². The van der Waals surface area contributed by atoms with Crippen LogP contribution >= 0.6 is 0 Å². The zero-order valence-corrected chi connectivity index (χ0v) is 7.69. The Balaban J connectivity index is 2.81. The molecule has 0 spiro atoms. The fourth-order valence-corrected chi connectivity index (χ4v) is 1.84. The molecule has 62 valence electrons. The van der Waals surface area contributed by atoms with E-state index in [-0.39, 0.29) is 0 Å². The van der Waals surface area contributed by atoms with Gasteiger partial charge >= 0.3 is 0 Å². The second-order valence-electron chi connectivity index (χ2n) is 3.62. The average molecular weight is 150 g/mol. The van der Waals surface area contributed by atoms with E-state index in [1.807, 2.05) is 0 Å². The van der Waals surface area contributed by atoms with Crippen molar-refractivity contribution < 1.29 is 0 Å². The van der Waals surface area contributed by atoms with E-state index in [1.165, 1.54) is 31.3 Å². The Labute approximate surface area is 70.0 Å². The molecule has 0 radical (unpaired) electrons. The SMILES string of the molecule is C=CC1=C(C(C)C)CCCC1. The summed E-state index contributed by atoms with van der Waals surface area (Å²) in [5.41, 5.74) is 3.16. The summed E-state index contributed by atoms with van der Waals surface area (Å²) in [6, 6.07) is 0. The van der Waals surface area contributed by atoms with Crippen LogP contribution in [0, 0.1) is 5.92 Å². The minimum absolute atomic E-state index is 0.725. The molecule has 0 nitrogen and oxygen atoms in total. The standard InChI is InChI=1S/C11H18/c1-4-10-7-5-6-8-11(10)9(2)3/h4,9H,1,5-8H2,2-3H3. The Bertz CT molecular complexity index is 172. The van der Waals surface area contributed by atoms with Gasteiger partial charge in [0.15, 0.2) is 0 Å². The van der Waals surface area contributed by atoms with Gasteiger partial charge < -0.3 is 0 Å². The van der Waals surface area contributed by atoms with Gasteiger partial charge in [-0.15, -0.1) is 0 Å². The maximum Gasteiger partial charge on any atom is -0.0254 e. The van der Waals surface area contributed by atoms with Gasteiger partial charge in [0.1, 0.15) is 0 Å². The molecule has 0 unspecified atom stereocenters. The van der Waals surface area contributed by atoms with Gasteiger partial charge in [0, 0.05) is 0 Å². The van der Waals surface area contributed by atoms with Crippen LogP contribution in [0.15, 0.2) is 23.8 Å². The molecule has 0 fully saturated rings. The molecule has 11 heavy (non-hydrogen) atoms. The summed E-state index contributed by atoms with van der Waals surface area (Å²) in [7, 11) is 0. The fraction of sp³-hybridized carbons (Fsp3) is 0.636. The van der Waals surface area contributed by atoms with Crippen LogP contribution in [0.5, 0.6) is 0 Å². The van der Waals surface area contributed by atoms with Crippen molar-refractivity contribution in [3.8, 4) is 0 Å². The van der Waals surface area contributed by atoms with E-state index in [2.05, 4.69) is 26.5 Å². The molecule has 0 saturated carbocycles. The van der Waals surface area contributed by atoms with Gasteiger partial charge in [-0.25, -0.2) is 0 Å². The molecule has 0 aromatic carbocycles. The maximum atomic E-state index is 3.86. The van der Waals surface area contributed by atoms with Crippen LogP contribution in [0.4, 0.5) is 0 Å². The van der Waals surface area contributed by atoms with Gasteiger partial charge in [-0.1, -0.05) is 32.1 Å². The normalized spacial score (nSPS) is 19.2. The minimum atomic E-state index is 0.725. The van der Waals surface area contributed by atoms with Crippen molar-refractivity contribution in [2.75, 3.05) is 0 Å². The topological polar surface area (TPSA) is 0 Å². The first-order chi connectivity index (χ1) is 5.25. The lowest BCUT2D eigenvalue weighted by Gasteiger charge is -2.20. The molecule has 0 saturated heterocycles. The van der Waals surface area contributed by atoms with E-state index >= 15 is 0 Å². The molecule has 0 bridgehead atoms. The van der Waals surface area contributed by atoms with Crippen molar-refractivity contribution in [3.63, 3.8) is 0 Å². The lowest BCUT2D eigenvalue weighted by atomic mass is 9.85. The van der Waals surface area contributed by atoms with Crippen molar-refractivity contribution in [1.29, 1.82) is 0 Å². The third-order valence-corrected chi connectivity index (χ3v) is 2.50. The molecule has 0 aliphatic heterocycles. The molecule has 0 amide bonds. The Morgan fingerprint density at radius 1 is 1.27 bits per heavy atom. The van der Waals surface area contributed by atoms with Crippen LogP contribution in [0.1, 0.15) is 39.5 Å². The predicted molar refractivity (Wildman–Crippen MR) is 50.5 cm³/mol. The molecule has 1 rings (SSSR count). The molecule has 0 heterocycles.